The van der Waals surface area contributed by atoms with E-state index >= 15 is 0 Å². The van der Waals surface area contributed by atoms with Crippen molar-refractivity contribution in [1.82, 2.24) is 0 Å². The first-order valence-electron chi connectivity index (χ1n) is 11.4. The van der Waals surface area contributed by atoms with Crippen LogP contribution < -0.4 is 0 Å². The third-order valence-electron chi connectivity index (χ3n) is 9.72. The fraction of sp³-hybridized carbons (Fsp3) is 0.792. The maximum Gasteiger partial charge on any atom is 0.338 e. The molecule has 3 aliphatic carbocycles. The van der Waals surface area contributed by atoms with Crippen LogP contribution in [0, 0.1) is 47.3 Å². The molecule has 0 amide bonds. The zero-order chi connectivity index (χ0) is 20.4. The summed E-state index contributed by atoms with van der Waals surface area (Å²) in [6, 6.07) is 0. The van der Waals surface area contributed by atoms with Gasteiger partial charge in [-0.25, -0.2) is 4.79 Å². The minimum absolute atomic E-state index is 0.0126. The van der Waals surface area contributed by atoms with Gasteiger partial charge in [-0.05, 0) is 50.9 Å². The highest BCUT2D eigenvalue weighted by Gasteiger charge is 2.66. The smallest absolute Gasteiger partial charge is 0.338 e. The molecule has 29 heavy (non-hydrogen) atoms. The van der Waals surface area contributed by atoms with E-state index in [-0.39, 0.29) is 59.1 Å². The Kier molecular flexibility index (Phi) is 3.61. The first-order chi connectivity index (χ1) is 13.7. The van der Waals surface area contributed by atoms with Crippen molar-refractivity contribution < 1.29 is 24.5 Å². The van der Waals surface area contributed by atoms with Crippen LogP contribution in [0.5, 0.6) is 0 Å². The van der Waals surface area contributed by atoms with E-state index in [1.165, 1.54) is 5.57 Å². The molecule has 1 unspecified atom stereocenters. The minimum Gasteiger partial charge on any atom is -0.491 e. The molecule has 5 heteroatoms. The molecule has 2 saturated carbocycles. The van der Waals surface area contributed by atoms with Gasteiger partial charge in [-0.2, -0.15) is 0 Å². The van der Waals surface area contributed by atoms with E-state index in [1.54, 1.807) is 0 Å². The highest BCUT2D eigenvalue weighted by molar-refractivity contribution is 5.91. The van der Waals surface area contributed by atoms with Crippen LogP contribution in [0.2, 0.25) is 0 Å². The molecule has 0 aromatic carbocycles. The summed E-state index contributed by atoms with van der Waals surface area (Å²) in [4.78, 5) is 13.2. The van der Waals surface area contributed by atoms with Gasteiger partial charge in [0, 0.05) is 23.7 Å². The number of aliphatic hydroxyl groups excluding tert-OH is 2. The van der Waals surface area contributed by atoms with Crippen molar-refractivity contribution in [2.24, 2.45) is 47.3 Å². The average Bonchev–Trinajstić information content (AvgIpc) is 3.16. The molecule has 6 aliphatic rings. The van der Waals surface area contributed by atoms with Crippen molar-refractivity contribution >= 4 is 5.97 Å². The van der Waals surface area contributed by atoms with Gasteiger partial charge in [0.25, 0.3) is 0 Å². The summed E-state index contributed by atoms with van der Waals surface area (Å²) in [5.41, 5.74) is 1.77. The Morgan fingerprint density at radius 3 is 2.69 bits per heavy atom. The Balaban J connectivity index is 1.55. The largest absolute Gasteiger partial charge is 0.491 e. The number of hydrogen-bond acceptors (Lipinski definition) is 5. The van der Waals surface area contributed by atoms with Crippen molar-refractivity contribution in [2.45, 2.75) is 70.9 Å². The highest BCUT2D eigenvalue weighted by Crippen LogP contribution is 2.66. The lowest BCUT2D eigenvalue weighted by Gasteiger charge is -2.48. The quantitative estimate of drug-likeness (QED) is 0.483. The second-order valence-electron chi connectivity index (χ2n) is 10.9. The van der Waals surface area contributed by atoms with Crippen LogP contribution >= 0.6 is 0 Å². The summed E-state index contributed by atoms with van der Waals surface area (Å²) < 4.78 is 12.6. The second kappa shape index (κ2) is 5.67. The molecular weight excluding hydrogens is 368 g/mol. The average molecular weight is 401 g/mol. The van der Waals surface area contributed by atoms with Gasteiger partial charge in [0.15, 0.2) is 0 Å². The van der Waals surface area contributed by atoms with E-state index in [0.29, 0.717) is 5.92 Å². The normalized spacial score (nSPS) is 57.4. The first kappa shape index (κ1) is 18.4. The summed E-state index contributed by atoms with van der Waals surface area (Å²) in [6.07, 6.45) is 3.79. The molecule has 3 heterocycles. The van der Waals surface area contributed by atoms with Crippen molar-refractivity contribution in [3.63, 3.8) is 0 Å². The molecule has 12 atom stereocenters. The molecular formula is C24H32O5. The Hall–Kier alpha value is -1.33. The molecule has 0 aromatic heterocycles. The number of esters is 1. The third kappa shape index (κ3) is 2.11. The Morgan fingerprint density at radius 1 is 1.17 bits per heavy atom. The van der Waals surface area contributed by atoms with Crippen molar-refractivity contribution in [3.8, 4) is 0 Å². The second-order valence-corrected chi connectivity index (χ2v) is 10.9. The standard InChI is InChI=1S/C24H32O5/c1-9-7-13-17(21(26)11(3)20(13)25)16-12(9)8-14-18(16)19-22-10(2)15(28-23(19)27)5-6-24(14,4)29-22/h7,10-18,20-21,25-26H,5-6,8H2,1-4H3/t10-,11+,12+,13-,14-,15?,16+,17+,18-,20+,21-,24+/m0/s1. The Morgan fingerprint density at radius 2 is 1.93 bits per heavy atom. The number of aliphatic hydroxyl groups is 2. The van der Waals surface area contributed by atoms with Crippen LogP contribution in [-0.4, -0.2) is 40.1 Å². The molecule has 0 spiro atoms. The number of hydrogen-bond donors (Lipinski definition) is 2. The van der Waals surface area contributed by atoms with Gasteiger partial charge in [-0.3, -0.25) is 0 Å². The van der Waals surface area contributed by atoms with Crippen LogP contribution in [-0.2, 0) is 14.3 Å². The highest BCUT2D eigenvalue weighted by atomic mass is 16.6. The molecule has 3 aliphatic heterocycles. The number of carbonyl (C=O) groups is 1. The van der Waals surface area contributed by atoms with Gasteiger partial charge >= 0.3 is 5.97 Å². The van der Waals surface area contributed by atoms with Crippen LogP contribution in [0.15, 0.2) is 23.0 Å². The SMILES string of the molecule is CC1=C[C@@H]2[C@H](O)[C@@H](C)[C@H](O)[C@H]2[C@@H]2[C@H]3C4=C5O[C@](C)(CCC(OC4=O)[C@@H]5C)[C@H]3C[C@H]12. The maximum absolute atomic E-state index is 13.2. The lowest BCUT2D eigenvalue weighted by molar-refractivity contribution is -0.154. The van der Waals surface area contributed by atoms with E-state index in [2.05, 4.69) is 26.8 Å². The first-order valence-corrected chi connectivity index (χ1v) is 11.4. The van der Waals surface area contributed by atoms with Gasteiger partial charge in [0.2, 0.25) is 0 Å². The van der Waals surface area contributed by atoms with Gasteiger partial charge in [-0.1, -0.05) is 25.5 Å². The van der Waals surface area contributed by atoms with E-state index in [4.69, 9.17) is 9.47 Å². The summed E-state index contributed by atoms with van der Waals surface area (Å²) in [6.45, 7) is 8.47. The topological polar surface area (TPSA) is 76.0 Å². The minimum atomic E-state index is -0.543. The number of carbonyl (C=O) groups excluding carboxylic acids is 1. The van der Waals surface area contributed by atoms with Crippen molar-refractivity contribution in [3.05, 3.63) is 23.0 Å². The monoisotopic (exact) mass is 400 g/mol. The van der Waals surface area contributed by atoms with Crippen LogP contribution in [0.3, 0.4) is 0 Å². The number of rotatable bonds is 0. The Labute approximate surface area is 172 Å². The maximum atomic E-state index is 13.2. The van der Waals surface area contributed by atoms with Gasteiger partial charge in [0.1, 0.15) is 17.5 Å². The van der Waals surface area contributed by atoms with Crippen LogP contribution in [0.4, 0.5) is 0 Å². The summed E-state index contributed by atoms with van der Waals surface area (Å²) >= 11 is 0. The number of ether oxygens (including phenoxy) is 2. The van der Waals surface area contributed by atoms with E-state index in [9.17, 15) is 15.0 Å². The van der Waals surface area contributed by atoms with E-state index < -0.39 is 12.2 Å². The van der Waals surface area contributed by atoms with E-state index in [1.807, 2.05) is 6.92 Å². The molecule has 6 rings (SSSR count). The predicted molar refractivity (Wildman–Crippen MR) is 105 cm³/mol. The van der Waals surface area contributed by atoms with Crippen molar-refractivity contribution in [1.29, 1.82) is 0 Å². The zero-order valence-corrected chi connectivity index (χ0v) is 17.7. The Bertz CT molecular complexity index is 844. The lowest BCUT2D eigenvalue weighted by atomic mass is 9.63. The number of fused-ring (bicyclic) bond motifs is 9. The number of allylic oxidation sites excluding steroid dienone is 1. The molecule has 0 radical (unpaired) electrons. The van der Waals surface area contributed by atoms with Gasteiger partial charge < -0.3 is 19.7 Å². The molecule has 5 nitrogen and oxygen atoms in total. The fourth-order valence-electron chi connectivity index (χ4n) is 8.16. The van der Waals surface area contributed by atoms with Crippen LogP contribution in [0.1, 0.15) is 47.0 Å². The molecule has 3 fully saturated rings. The molecule has 2 N–H and O–H groups in total. The molecule has 1 saturated heterocycles. The molecule has 0 aromatic rings. The fourth-order valence-corrected chi connectivity index (χ4v) is 8.16. The molecule has 158 valence electrons. The van der Waals surface area contributed by atoms with E-state index in [0.717, 1.165) is 30.6 Å². The summed E-state index contributed by atoms with van der Waals surface area (Å²) in [7, 11) is 0. The zero-order valence-electron chi connectivity index (χ0n) is 17.7. The van der Waals surface area contributed by atoms with Gasteiger partial charge in [-0.15, -0.1) is 0 Å². The van der Waals surface area contributed by atoms with Gasteiger partial charge in [0.05, 0.1) is 23.7 Å². The summed E-state index contributed by atoms with van der Waals surface area (Å²) in [5, 5.41) is 22.0. The summed E-state index contributed by atoms with van der Waals surface area (Å²) in [5.74, 6) is 1.34. The lowest BCUT2D eigenvalue weighted by Crippen LogP contribution is -2.49. The predicted octanol–water partition coefficient (Wildman–Crippen LogP) is 2.82. The third-order valence-corrected chi connectivity index (χ3v) is 9.72. The molecule has 3 bridgehead atoms. The van der Waals surface area contributed by atoms with Crippen LogP contribution in [0.25, 0.3) is 0 Å². The van der Waals surface area contributed by atoms with Crippen molar-refractivity contribution in [2.75, 3.05) is 0 Å².